The highest BCUT2D eigenvalue weighted by molar-refractivity contribution is 5.98. The summed E-state index contributed by atoms with van der Waals surface area (Å²) in [7, 11) is 0. The number of aryl methyl sites for hydroxylation is 1. The lowest BCUT2D eigenvalue weighted by atomic mass is 10.0. The van der Waals surface area contributed by atoms with E-state index in [4.69, 9.17) is 4.74 Å². The number of nitrogens with one attached hydrogen (secondary N) is 1. The van der Waals surface area contributed by atoms with Gasteiger partial charge in [0.05, 0.1) is 0 Å². The number of carbonyl (C=O) groups excluding carboxylic acids is 3. The molecule has 3 rings (SSSR count). The van der Waals surface area contributed by atoms with Crippen LogP contribution in [-0.2, 0) is 20.7 Å². The van der Waals surface area contributed by atoms with E-state index in [-0.39, 0.29) is 17.4 Å². The molecule has 0 radical (unpaired) electrons. The van der Waals surface area contributed by atoms with E-state index in [1.807, 2.05) is 24.3 Å². The van der Waals surface area contributed by atoms with Crippen LogP contribution in [0.4, 0.5) is 10.1 Å². The van der Waals surface area contributed by atoms with Crippen LogP contribution in [0.25, 0.3) is 0 Å². The van der Waals surface area contributed by atoms with Crippen LogP contribution >= 0.6 is 0 Å². The predicted octanol–water partition coefficient (Wildman–Crippen LogP) is 3.10. The molecule has 2 aromatic carbocycles. The van der Waals surface area contributed by atoms with Crippen LogP contribution in [0, 0.1) is 11.7 Å². The zero-order valence-corrected chi connectivity index (χ0v) is 17.1. The fourth-order valence-electron chi connectivity index (χ4n) is 3.42. The molecule has 1 heterocycles. The Bertz CT molecular complexity index is 927. The molecule has 1 aliphatic rings. The van der Waals surface area contributed by atoms with Gasteiger partial charge in [0.2, 0.25) is 0 Å². The van der Waals surface area contributed by atoms with Crippen molar-refractivity contribution in [3.63, 3.8) is 0 Å². The Morgan fingerprint density at radius 1 is 1.10 bits per heavy atom. The summed E-state index contributed by atoms with van der Waals surface area (Å²) in [5.74, 6) is -2.21. The van der Waals surface area contributed by atoms with Crippen LogP contribution in [0.1, 0.15) is 36.2 Å². The van der Waals surface area contributed by atoms with Crippen LogP contribution in [0.2, 0.25) is 0 Å². The Labute approximate surface area is 175 Å². The summed E-state index contributed by atoms with van der Waals surface area (Å²) < 4.78 is 18.3. The van der Waals surface area contributed by atoms with Crippen LogP contribution in [0.5, 0.6) is 0 Å². The third kappa shape index (κ3) is 5.03. The number of amides is 2. The SMILES string of the molecule is CC(C)[C@H](NC(=O)c1ccc(F)cc1)C(=O)OCC(=O)N1CCCc2ccccc21. The van der Waals surface area contributed by atoms with Gasteiger partial charge >= 0.3 is 5.97 Å². The summed E-state index contributed by atoms with van der Waals surface area (Å²) in [5.41, 5.74) is 2.17. The number of hydrogen-bond donors (Lipinski definition) is 1. The molecule has 158 valence electrons. The van der Waals surface area contributed by atoms with Crippen molar-refractivity contribution in [2.24, 2.45) is 5.92 Å². The maximum Gasteiger partial charge on any atom is 0.329 e. The number of esters is 1. The van der Waals surface area contributed by atoms with Gasteiger partial charge in [0.1, 0.15) is 11.9 Å². The van der Waals surface area contributed by atoms with Gasteiger partial charge in [0.25, 0.3) is 11.8 Å². The van der Waals surface area contributed by atoms with Gasteiger partial charge in [0.15, 0.2) is 6.61 Å². The molecular weight excluding hydrogens is 387 g/mol. The maximum atomic E-state index is 13.0. The van der Waals surface area contributed by atoms with Crippen LogP contribution in [0.3, 0.4) is 0 Å². The first-order valence-corrected chi connectivity index (χ1v) is 9.98. The zero-order chi connectivity index (χ0) is 21.7. The minimum absolute atomic E-state index is 0.232. The average molecular weight is 412 g/mol. The molecule has 7 heteroatoms. The smallest absolute Gasteiger partial charge is 0.329 e. The summed E-state index contributed by atoms with van der Waals surface area (Å²) in [6, 6.07) is 11.8. The number of fused-ring (bicyclic) bond motifs is 1. The highest BCUT2D eigenvalue weighted by Crippen LogP contribution is 2.26. The topological polar surface area (TPSA) is 75.7 Å². The van der Waals surface area contributed by atoms with E-state index < -0.39 is 30.3 Å². The second-order valence-corrected chi connectivity index (χ2v) is 7.59. The highest BCUT2D eigenvalue weighted by Gasteiger charge is 2.28. The summed E-state index contributed by atoms with van der Waals surface area (Å²) in [4.78, 5) is 39.2. The van der Waals surface area contributed by atoms with Gasteiger partial charge in [0, 0.05) is 17.8 Å². The van der Waals surface area contributed by atoms with Gasteiger partial charge in [-0.25, -0.2) is 9.18 Å². The van der Waals surface area contributed by atoms with E-state index in [9.17, 15) is 18.8 Å². The van der Waals surface area contributed by atoms with Gasteiger partial charge in [-0.1, -0.05) is 32.0 Å². The second kappa shape index (κ2) is 9.52. The van der Waals surface area contributed by atoms with Crippen LogP contribution in [0.15, 0.2) is 48.5 Å². The molecule has 30 heavy (non-hydrogen) atoms. The Balaban J connectivity index is 1.61. The number of ether oxygens (including phenoxy) is 1. The Hall–Kier alpha value is -3.22. The first kappa shape index (κ1) is 21.5. The monoisotopic (exact) mass is 412 g/mol. The zero-order valence-electron chi connectivity index (χ0n) is 17.1. The molecule has 0 bridgehead atoms. The lowest BCUT2D eigenvalue weighted by Gasteiger charge is -2.29. The molecule has 0 aromatic heterocycles. The van der Waals surface area contributed by atoms with Crippen molar-refractivity contribution in [3.05, 3.63) is 65.5 Å². The minimum Gasteiger partial charge on any atom is -0.454 e. The second-order valence-electron chi connectivity index (χ2n) is 7.59. The number of para-hydroxylation sites is 1. The number of benzene rings is 2. The summed E-state index contributed by atoms with van der Waals surface area (Å²) >= 11 is 0. The van der Waals surface area contributed by atoms with E-state index in [1.165, 1.54) is 24.3 Å². The Morgan fingerprint density at radius 2 is 1.80 bits per heavy atom. The number of nitrogens with zero attached hydrogens (tertiary/aromatic N) is 1. The molecule has 0 saturated heterocycles. The third-order valence-corrected chi connectivity index (χ3v) is 5.06. The van der Waals surface area contributed by atoms with Crippen molar-refractivity contribution in [3.8, 4) is 0 Å². The van der Waals surface area contributed by atoms with E-state index in [0.29, 0.717) is 6.54 Å². The number of halogens is 1. The Kier molecular flexibility index (Phi) is 6.82. The van der Waals surface area contributed by atoms with Crippen molar-refractivity contribution >= 4 is 23.5 Å². The number of hydrogen-bond acceptors (Lipinski definition) is 4. The highest BCUT2D eigenvalue weighted by atomic mass is 19.1. The fourth-order valence-corrected chi connectivity index (χ4v) is 3.42. The number of carbonyl (C=O) groups is 3. The lowest BCUT2D eigenvalue weighted by Crippen LogP contribution is -2.46. The van der Waals surface area contributed by atoms with Gasteiger partial charge in [-0.15, -0.1) is 0 Å². The van der Waals surface area contributed by atoms with E-state index in [2.05, 4.69) is 5.32 Å². The van der Waals surface area contributed by atoms with E-state index in [1.54, 1.807) is 18.7 Å². The number of anilines is 1. The molecule has 0 saturated carbocycles. The lowest BCUT2D eigenvalue weighted by molar-refractivity contribution is -0.150. The fraction of sp³-hybridized carbons (Fsp3) is 0.348. The maximum absolute atomic E-state index is 13.0. The van der Waals surface area contributed by atoms with Crippen molar-refractivity contribution in [1.29, 1.82) is 0 Å². The molecule has 1 aliphatic heterocycles. The molecule has 2 amide bonds. The molecule has 0 unspecified atom stereocenters. The first-order chi connectivity index (χ1) is 14.4. The molecule has 1 N–H and O–H groups in total. The van der Waals surface area contributed by atoms with Gasteiger partial charge < -0.3 is 15.0 Å². The quantitative estimate of drug-likeness (QED) is 0.740. The molecule has 0 aliphatic carbocycles. The average Bonchev–Trinajstić information content (AvgIpc) is 2.75. The van der Waals surface area contributed by atoms with Crippen LogP contribution in [-0.4, -0.2) is 37.0 Å². The first-order valence-electron chi connectivity index (χ1n) is 9.98. The molecule has 0 fully saturated rings. The largest absolute Gasteiger partial charge is 0.454 e. The summed E-state index contributed by atoms with van der Waals surface area (Å²) in [6.45, 7) is 3.70. The predicted molar refractivity (Wildman–Crippen MR) is 111 cm³/mol. The third-order valence-electron chi connectivity index (χ3n) is 5.06. The van der Waals surface area contributed by atoms with Crippen molar-refractivity contribution in [2.45, 2.75) is 32.7 Å². The van der Waals surface area contributed by atoms with Crippen molar-refractivity contribution < 1.29 is 23.5 Å². The van der Waals surface area contributed by atoms with Crippen LogP contribution < -0.4 is 10.2 Å². The van der Waals surface area contributed by atoms with Crippen molar-refractivity contribution in [1.82, 2.24) is 5.32 Å². The molecule has 6 nitrogen and oxygen atoms in total. The number of rotatable bonds is 6. The van der Waals surface area contributed by atoms with Gasteiger partial charge in [-0.2, -0.15) is 0 Å². The Morgan fingerprint density at radius 3 is 2.50 bits per heavy atom. The normalized spacial score (nSPS) is 14.1. The molecule has 1 atom stereocenters. The molecule has 2 aromatic rings. The summed E-state index contributed by atoms with van der Waals surface area (Å²) in [6.07, 6.45) is 1.75. The van der Waals surface area contributed by atoms with Gasteiger partial charge in [-0.05, 0) is 54.7 Å². The molecule has 0 spiro atoms. The van der Waals surface area contributed by atoms with E-state index >= 15 is 0 Å². The summed E-state index contributed by atoms with van der Waals surface area (Å²) in [5, 5.41) is 2.61. The van der Waals surface area contributed by atoms with Crippen molar-refractivity contribution in [2.75, 3.05) is 18.1 Å². The van der Waals surface area contributed by atoms with E-state index in [0.717, 1.165) is 24.1 Å². The standard InChI is InChI=1S/C23H25FN2O4/c1-15(2)21(25-22(28)17-9-11-18(24)12-10-17)23(29)30-14-20(27)26-13-5-7-16-6-3-4-8-19(16)26/h3-4,6,8-12,15,21H,5,7,13-14H2,1-2H3,(H,25,28)/t21-/m0/s1. The molecular formula is C23H25FN2O4. The van der Waals surface area contributed by atoms with Gasteiger partial charge in [-0.3, -0.25) is 9.59 Å². The minimum atomic E-state index is -0.927.